The lowest BCUT2D eigenvalue weighted by atomic mass is 10.1. The van der Waals surface area contributed by atoms with Crippen LogP contribution in [0.15, 0.2) is 0 Å². The lowest BCUT2D eigenvalue weighted by Gasteiger charge is -2.09. The van der Waals surface area contributed by atoms with E-state index in [1.165, 1.54) is 0 Å². The Morgan fingerprint density at radius 2 is 1.77 bits per heavy atom. The second kappa shape index (κ2) is 5.26. The summed E-state index contributed by atoms with van der Waals surface area (Å²) in [4.78, 5) is 30.2. The Balaban J connectivity index is 3.74. The number of rotatable bonds is 6. The lowest BCUT2D eigenvalue weighted by Crippen LogP contribution is -2.34. The summed E-state index contributed by atoms with van der Waals surface area (Å²) in [6.45, 7) is 0. The maximum atomic E-state index is 10.4. The molecule has 0 rings (SSSR count). The van der Waals surface area contributed by atoms with Crippen molar-refractivity contribution in [2.24, 2.45) is 0 Å². The summed E-state index contributed by atoms with van der Waals surface area (Å²) in [6.07, 6.45) is -2.53. The zero-order valence-corrected chi connectivity index (χ0v) is 6.69. The molecule has 0 amide bonds. The van der Waals surface area contributed by atoms with Gasteiger partial charge in [0.1, 0.15) is 5.97 Å². The van der Waals surface area contributed by atoms with Crippen molar-refractivity contribution >= 4 is 17.7 Å². The van der Waals surface area contributed by atoms with Crippen LogP contribution in [0.25, 0.3) is 0 Å². The molecular weight excluding hydrogens is 180 g/mol. The number of ketones is 1. The molecule has 0 aromatic rings. The Morgan fingerprint density at radius 1 is 1.23 bits per heavy atom. The number of carboxylic acids is 2. The van der Waals surface area contributed by atoms with E-state index in [4.69, 9.17) is 5.11 Å². The Kier molecular flexibility index (Phi) is 4.68. The van der Waals surface area contributed by atoms with Crippen LogP contribution in [-0.2, 0) is 14.4 Å². The first kappa shape index (κ1) is 11.6. The average molecular weight is 188 g/mol. The van der Waals surface area contributed by atoms with Crippen molar-refractivity contribution in [3.63, 3.8) is 0 Å². The summed E-state index contributed by atoms with van der Waals surface area (Å²) in [5.74, 6) is -4.49. The van der Waals surface area contributed by atoms with Gasteiger partial charge in [0, 0.05) is 12.4 Å². The van der Waals surface area contributed by atoms with E-state index < -0.39 is 36.7 Å². The van der Waals surface area contributed by atoms with Crippen molar-refractivity contribution in [2.75, 3.05) is 0 Å². The number of hydrogen-bond donors (Lipinski definition) is 1. The van der Waals surface area contributed by atoms with Crippen molar-refractivity contribution in [1.82, 2.24) is 0 Å². The smallest absolute Gasteiger partial charge is 0.180 e. The van der Waals surface area contributed by atoms with Gasteiger partial charge < -0.3 is 24.9 Å². The van der Waals surface area contributed by atoms with Crippen molar-refractivity contribution in [3.8, 4) is 0 Å². The van der Waals surface area contributed by atoms with Gasteiger partial charge in [0.15, 0.2) is 5.78 Å². The molecule has 0 bridgehead atoms. The maximum Gasteiger partial charge on any atom is 0.180 e. The third-order valence-corrected chi connectivity index (χ3v) is 1.33. The predicted octanol–water partition coefficient (Wildman–Crippen LogP) is -3.41. The molecule has 0 aliphatic heterocycles. The molecule has 6 nitrogen and oxygen atoms in total. The summed E-state index contributed by atoms with van der Waals surface area (Å²) >= 11 is 0. The van der Waals surface area contributed by atoms with Crippen LogP contribution in [0.2, 0.25) is 0 Å². The largest absolute Gasteiger partial charge is 0.550 e. The summed E-state index contributed by atoms with van der Waals surface area (Å²) in [7, 11) is 0. The highest BCUT2D eigenvalue weighted by atomic mass is 16.4. The molecule has 0 saturated carbocycles. The van der Waals surface area contributed by atoms with Crippen LogP contribution < -0.4 is 10.2 Å². The number of Topliss-reactive ketones (excluding diaryl/α,β-unsaturated/α-hetero) is 1. The van der Waals surface area contributed by atoms with Crippen molar-refractivity contribution in [2.45, 2.75) is 25.4 Å². The van der Waals surface area contributed by atoms with Crippen molar-refractivity contribution in [3.05, 3.63) is 0 Å². The first-order chi connectivity index (χ1) is 5.93. The maximum absolute atomic E-state index is 10.4. The van der Waals surface area contributed by atoms with E-state index in [1.807, 2.05) is 0 Å². The molecule has 0 spiro atoms. The number of carbonyl (C=O) groups excluding carboxylic acids is 3. The number of aliphatic hydroxyl groups is 1. The van der Waals surface area contributed by atoms with Crippen LogP contribution in [0.5, 0.6) is 0 Å². The normalized spacial score (nSPS) is 12.1. The third kappa shape index (κ3) is 5.80. The van der Waals surface area contributed by atoms with Crippen LogP contribution in [0.1, 0.15) is 19.3 Å². The molecule has 0 radical (unpaired) electrons. The molecule has 0 heterocycles. The fraction of sp³-hybridized carbons (Fsp3) is 0.571. The van der Waals surface area contributed by atoms with E-state index in [2.05, 4.69) is 0 Å². The van der Waals surface area contributed by atoms with Gasteiger partial charge in [0.25, 0.3) is 0 Å². The van der Waals surface area contributed by atoms with Gasteiger partial charge >= 0.3 is 0 Å². The first-order valence-electron chi connectivity index (χ1n) is 3.55. The van der Waals surface area contributed by atoms with Gasteiger partial charge in [-0.05, 0) is 12.8 Å². The van der Waals surface area contributed by atoms with Gasteiger partial charge in [-0.1, -0.05) is 0 Å². The highest BCUT2D eigenvalue weighted by molar-refractivity contribution is 6.31. The fourth-order valence-electron chi connectivity index (χ4n) is 0.684. The Labute approximate surface area is 73.8 Å². The molecule has 0 unspecified atom stereocenters. The topological polar surface area (TPSA) is 118 Å². The van der Waals surface area contributed by atoms with Gasteiger partial charge in [-0.15, -0.1) is 0 Å². The van der Waals surface area contributed by atoms with Gasteiger partial charge in [-0.2, -0.15) is 0 Å². The minimum absolute atomic E-state index is 0.207. The predicted molar refractivity (Wildman–Crippen MR) is 34.9 cm³/mol. The van der Waals surface area contributed by atoms with E-state index in [9.17, 15) is 24.6 Å². The number of carboxylic acid groups (broad SMARTS) is 2. The molecule has 0 saturated heterocycles. The van der Waals surface area contributed by atoms with Gasteiger partial charge in [-0.25, -0.2) is 0 Å². The highest BCUT2D eigenvalue weighted by Crippen LogP contribution is 2.01. The first-order valence-corrected chi connectivity index (χ1v) is 3.55. The Morgan fingerprint density at radius 3 is 2.15 bits per heavy atom. The molecule has 74 valence electrons. The minimum Gasteiger partial charge on any atom is -0.550 e. The quantitative estimate of drug-likeness (QED) is 0.434. The molecule has 13 heavy (non-hydrogen) atoms. The molecule has 1 atom stereocenters. The molecule has 0 aliphatic rings. The van der Waals surface area contributed by atoms with Gasteiger partial charge in [0.05, 0.1) is 6.10 Å². The van der Waals surface area contributed by atoms with E-state index in [-0.39, 0.29) is 6.42 Å². The van der Waals surface area contributed by atoms with Gasteiger partial charge in [0.2, 0.25) is 0 Å². The minimum atomic E-state index is -1.88. The number of aliphatic hydroxyl groups excluding tert-OH is 1. The third-order valence-electron chi connectivity index (χ3n) is 1.33. The number of carbonyl (C=O) groups is 3. The second-order valence-corrected chi connectivity index (χ2v) is 2.48. The number of hydrogen-bond acceptors (Lipinski definition) is 6. The summed E-state index contributed by atoms with van der Waals surface area (Å²) in [5.41, 5.74) is 0. The van der Waals surface area contributed by atoms with E-state index in [0.717, 1.165) is 0 Å². The summed E-state index contributed by atoms with van der Waals surface area (Å²) in [6, 6.07) is 0. The molecule has 0 aromatic heterocycles. The summed E-state index contributed by atoms with van der Waals surface area (Å²) in [5, 5.41) is 28.7. The summed E-state index contributed by atoms with van der Waals surface area (Å²) < 4.78 is 0. The van der Waals surface area contributed by atoms with Crippen LogP contribution in [0, 0.1) is 0 Å². The van der Waals surface area contributed by atoms with Crippen LogP contribution in [0.4, 0.5) is 0 Å². The molecule has 1 N–H and O–H groups in total. The second-order valence-electron chi connectivity index (χ2n) is 2.48. The van der Waals surface area contributed by atoms with Crippen LogP contribution in [0.3, 0.4) is 0 Å². The SMILES string of the molecule is O=C([O-])CC[C@H](O)CC(=O)C(=O)[O-]. The monoisotopic (exact) mass is 188 g/mol. The zero-order valence-electron chi connectivity index (χ0n) is 6.69. The molecule has 0 aliphatic carbocycles. The average Bonchev–Trinajstić information content (AvgIpc) is 2.00. The molecule has 0 aromatic carbocycles. The Hall–Kier alpha value is -1.43. The fourth-order valence-corrected chi connectivity index (χ4v) is 0.684. The highest BCUT2D eigenvalue weighted by Gasteiger charge is 2.11. The van der Waals surface area contributed by atoms with Crippen molar-refractivity contribution in [1.29, 1.82) is 0 Å². The zero-order chi connectivity index (χ0) is 10.4. The standard InChI is InChI=1S/C7H10O6/c8-4(1-2-6(10)11)3-5(9)7(12)13/h4,8H,1-3H2,(H,10,11)(H,12,13)/p-2/t4-/m0/s1. The number of aliphatic carboxylic acids is 2. The lowest BCUT2D eigenvalue weighted by molar-refractivity contribution is -0.306. The van der Waals surface area contributed by atoms with Crippen LogP contribution >= 0.6 is 0 Å². The van der Waals surface area contributed by atoms with E-state index >= 15 is 0 Å². The van der Waals surface area contributed by atoms with Gasteiger partial charge in [-0.3, -0.25) is 4.79 Å². The molecule has 6 heteroatoms. The van der Waals surface area contributed by atoms with E-state index in [0.29, 0.717) is 0 Å². The van der Waals surface area contributed by atoms with Crippen LogP contribution in [-0.4, -0.2) is 28.9 Å². The van der Waals surface area contributed by atoms with E-state index in [1.54, 1.807) is 0 Å². The Bertz CT molecular complexity index is 221. The van der Waals surface area contributed by atoms with Crippen molar-refractivity contribution < 1.29 is 29.7 Å². The molecular formula is C7H8O6-2. The molecule has 0 fully saturated rings.